The van der Waals surface area contributed by atoms with Gasteiger partial charge in [-0.05, 0) is 48.1 Å². The first-order valence-corrected chi connectivity index (χ1v) is 14.8. The van der Waals surface area contributed by atoms with Crippen molar-refractivity contribution in [3.8, 4) is 5.75 Å². The van der Waals surface area contributed by atoms with E-state index in [2.05, 4.69) is 4.98 Å². The molecule has 8 nitrogen and oxygen atoms in total. The number of carbonyl (C=O) groups is 1. The number of hydrogen-bond donors (Lipinski definition) is 0. The van der Waals surface area contributed by atoms with E-state index in [1.54, 1.807) is 54.0 Å². The molecule has 0 saturated carbocycles. The van der Waals surface area contributed by atoms with Gasteiger partial charge in [-0.2, -0.15) is 4.31 Å². The lowest BCUT2D eigenvalue weighted by Crippen LogP contribution is -2.46. The molecule has 1 aromatic carbocycles. The molecule has 1 aliphatic rings. The van der Waals surface area contributed by atoms with E-state index in [1.165, 1.54) is 27.0 Å². The van der Waals surface area contributed by atoms with E-state index in [0.29, 0.717) is 40.8 Å². The van der Waals surface area contributed by atoms with Gasteiger partial charge in [0.25, 0.3) is 10.0 Å². The third kappa shape index (κ3) is 4.85. The Morgan fingerprint density at radius 2 is 2.14 bits per heavy atom. The maximum atomic E-state index is 14.0. The maximum absolute atomic E-state index is 14.0. The van der Waals surface area contributed by atoms with Gasteiger partial charge in [0.05, 0.1) is 29.3 Å². The number of aromatic nitrogens is 2. The number of carbonyl (C=O) groups excluding carboxylic acids is 1. The fraction of sp³-hybridized carbons (Fsp3) is 0.292. The van der Waals surface area contributed by atoms with Gasteiger partial charge in [-0.25, -0.2) is 13.4 Å². The number of ether oxygens (including phenoxy) is 1. The summed E-state index contributed by atoms with van der Waals surface area (Å²) in [6.07, 6.45) is 4.57. The molecule has 4 heterocycles. The van der Waals surface area contributed by atoms with Gasteiger partial charge >= 0.3 is 0 Å². The number of piperidine rings is 1. The molecule has 1 atom stereocenters. The van der Waals surface area contributed by atoms with Crippen molar-refractivity contribution in [2.24, 2.45) is 5.92 Å². The number of benzene rings is 1. The first-order chi connectivity index (χ1) is 17.4. The molecular weight excluding hydrogens is 540 g/mol. The zero-order valence-corrected chi connectivity index (χ0v) is 22.5. The van der Waals surface area contributed by atoms with Crippen LogP contribution in [0.15, 0.2) is 58.4 Å². The first kappa shape index (κ1) is 25.1. The van der Waals surface area contributed by atoms with Crippen molar-refractivity contribution in [1.29, 1.82) is 0 Å². The van der Waals surface area contributed by atoms with E-state index in [1.807, 2.05) is 12.1 Å². The third-order valence-corrected chi connectivity index (χ3v) is 10.8. The lowest BCUT2D eigenvalue weighted by molar-refractivity contribution is -0.123. The Morgan fingerprint density at radius 1 is 1.28 bits per heavy atom. The van der Waals surface area contributed by atoms with Crippen molar-refractivity contribution in [2.75, 3.05) is 25.1 Å². The van der Waals surface area contributed by atoms with Crippen LogP contribution in [0.3, 0.4) is 0 Å². The van der Waals surface area contributed by atoms with Crippen LogP contribution in [-0.2, 0) is 21.4 Å². The molecule has 0 spiro atoms. The molecular formula is C24H23ClN4O4S3. The average molecular weight is 563 g/mol. The van der Waals surface area contributed by atoms with Crippen LogP contribution in [0.5, 0.6) is 5.75 Å². The van der Waals surface area contributed by atoms with Gasteiger partial charge < -0.3 is 4.74 Å². The smallest absolute Gasteiger partial charge is 0.252 e. The molecule has 0 aliphatic carbocycles. The highest BCUT2D eigenvalue weighted by atomic mass is 35.5. The van der Waals surface area contributed by atoms with E-state index >= 15 is 0 Å². The molecule has 0 bridgehead atoms. The topological polar surface area (TPSA) is 92.7 Å². The summed E-state index contributed by atoms with van der Waals surface area (Å²) in [6, 6.07) is 10.5. The van der Waals surface area contributed by atoms with Crippen LogP contribution in [0.2, 0.25) is 5.02 Å². The van der Waals surface area contributed by atoms with Crippen molar-refractivity contribution in [1.82, 2.24) is 14.3 Å². The van der Waals surface area contributed by atoms with E-state index in [0.717, 1.165) is 10.3 Å². The minimum absolute atomic E-state index is 0.123. The summed E-state index contributed by atoms with van der Waals surface area (Å²) in [6.45, 7) is 0.763. The van der Waals surface area contributed by atoms with Crippen LogP contribution in [0.4, 0.5) is 5.13 Å². The monoisotopic (exact) mass is 562 g/mol. The highest BCUT2D eigenvalue weighted by Gasteiger charge is 2.36. The van der Waals surface area contributed by atoms with Crippen molar-refractivity contribution in [3.05, 3.63) is 64.8 Å². The fourth-order valence-corrected chi connectivity index (χ4v) is 8.18. The second kappa shape index (κ2) is 10.4. The number of methoxy groups -OCH3 is 1. The first-order valence-electron chi connectivity index (χ1n) is 11.3. The van der Waals surface area contributed by atoms with Gasteiger partial charge in [0.1, 0.15) is 15.5 Å². The number of nitrogens with zero attached hydrogens (tertiary/aromatic N) is 4. The summed E-state index contributed by atoms with van der Waals surface area (Å²) >= 11 is 8.93. The molecule has 0 N–H and O–H groups in total. The largest absolute Gasteiger partial charge is 0.494 e. The Morgan fingerprint density at radius 3 is 2.86 bits per heavy atom. The predicted molar refractivity (Wildman–Crippen MR) is 142 cm³/mol. The number of anilines is 1. The number of thiophene rings is 1. The van der Waals surface area contributed by atoms with Crippen molar-refractivity contribution in [3.63, 3.8) is 0 Å². The fourth-order valence-electron chi connectivity index (χ4n) is 4.26. The Balaban J connectivity index is 1.49. The van der Waals surface area contributed by atoms with Crippen molar-refractivity contribution in [2.45, 2.75) is 23.6 Å². The van der Waals surface area contributed by atoms with Crippen molar-refractivity contribution < 1.29 is 17.9 Å². The average Bonchev–Trinajstić information content (AvgIpc) is 3.60. The quantitative estimate of drug-likeness (QED) is 0.313. The highest BCUT2D eigenvalue weighted by molar-refractivity contribution is 7.91. The summed E-state index contributed by atoms with van der Waals surface area (Å²) in [4.78, 5) is 24.5. The molecule has 3 aromatic heterocycles. The molecule has 5 rings (SSSR count). The van der Waals surface area contributed by atoms with Gasteiger partial charge in [0.2, 0.25) is 5.91 Å². The summed E-state index contributed by atoms with van der Waals surface area (Å²) in [5.41, 5.74) is 1.42. The van der Waals surface area contributed by atoms with Crippen LogP contribution >= 0.6 is 34.3 Å². The van der Waals surface area contributed by atoms with Gasteiger partial charge in [-0.15, -0.1) is 11.3 Å². The van der Waals surface area contributed by atoms with Crippen molar-refractivity contribution >= 4 is 65.6 Å². The molecule has 1 fully saturated rings. The van der Waals surface area contributed by atoms with Gasteiger partial charge in [-0.3, -0.25) is 14.7 Å². The number of thiazole rings is 1. The number of halogens is 1. The zero-order chi connectivity index (χ0) is 25.3. The van der Waals surface area contributed by atoms with Crippen LogP contribution < -0.4 is 9.64 Å². The Hall–Kier alpha value is -2.57. The SMILES string of the molecule is COc1ccc(Cl)c2sc(N(Cc3cccnc3)C(=O)C3CCCN(S(=O)(=O)c4cccs4)C3)nc12. The van der Waals surface area contributed by atoms with E-state index in [9.17, 15) is 13.2 Å². The lowest BCUT2D eigenvalue weighted by Gasteiger charge is -2.33. The maximum Gasteiger partial charge on any atom is 0.252 e. The Bertz CT molecular complexity index is 1480. The van der Waals surface area contributed by atoms with Crippen LogP contribution in [0.1, 0.15) is 18.4 Å². The number of amides is 1. The number of sulfonamides is 1. The van der Waals surface area contributed by atoms with Crippen LogP contribution in [-0.4, -0.2) is 48.8 Å². The number of fused-ring (bicyclic) bond motifs is 1. The Labute approximate surface area is 222 Å². The van der Waals surface area contributed by atoms with Crippen LogP contribution in [0.25, 0.3) is 10.2 Å². The molecule has 0 radical (unpaired) electrons. The molecule has 1 amide bonds. The molecule has 36 heavy (non-hydrogen) atoms. The normalized spacial score (nSPS) is 16.8. The third-order valence-electron chi connectivity index (χ3n) is 6.05. The summed E-state index contributed by atoms with van der Waals surface area (Å²) in [5.74, 6) is -0.120. The zero-order valence-electron chi connectivity index (χ0n) is 19.3. The minimum Gasteiger partial charge on any atom is -0.494 e. The molecule has 1 aliphatic heterocycles. The van der Waals surface area contributed by atoms with Gasteiger partial charge in [-0.1, -0.05) is 35.1 Å². The lowest BCUT2D eigenvalue weighted by atomic mass is 9.98. The number of hydrogen-bond acceptors (Lipinski definition) is 8. The van der Waals surface area contributed by atoms with E-state index in [4.69, 9.17) is 21.3 Å². The summed E-state index contributed by atoms with van der Waals surface area (Å²) < 4.78 is 34.2. The number of pyridine rings is 1. The highest BCUT2D eigenvalue weighted by Crippen LogP contribution is 2.40. The standard InChI is InChI=1S/C24H23ClN4O4S3/c1-33-19-9-8-18(25)22-21(19)27-24(35-22)29(14-16-5-2-10-26-13-16)23(30)17-6-3-11-28(15-17)36(31,32)20-7-4-12-34-20/h2,4-5,7-10,12-13,17H,3,6,11,14-15H2,1H3. The second-order valence-electron chi connectivity index (χ2n) is 8.34. The molecule has 188 valence electrons. The summed E-state index contributed by atoms with van der Waals surface area (Å²) in [7, 11) is -2.08. The second-order valence-corrected chi connectivity index (χ2v) is 12.8. The molecule has 12 heteroatoms. The van der Waals surface area contributed by atoms with Crippen LogP contribution in [0, 0.1) is 5.92 Å². The molecule has 4 aromatic rings. The minimum atomic E-state index is -3.65. The Kier molecular flexibility index (Phi) is 7.27. The van der Waals surface area contributed by atoms with E-state index < -0.39 is 15.9 Å². The van der Waals surface area contributed by atoms with Gasteiger partial charge in [0.15, 0.2) is 5.13 Å². The van der Waals surface area contributed by atoms with E-state index in [-0.39, 0.29) is 23.2 Å². The molecule has 1 unspecified atom stereocenters. The number of rotatable bonds is 7. The van der Waals surface area contributed by atoms with Gasteiger partial charge in [0, 0.05) is 25.5 Å². The molecule has 1 saturated heterocycles. The summed E-state index contributed by atoms with van der Waals surface area (Å²) in [5, 5.41) is 2.74. The predicted octanol–water partition coefficient (Wildman–Crippen LogP) is 5.05.